The van der Waals surface area contributed by atoms with Crippen molar-refractivity contribution in [3.05, 3.63) is 392 Å². The predicted octanol–water partition coefficient (Wildman–Crippen LogP) is 27.1. The van der Waals surface area contributed by atoms with Crippen molar-refractivity contribution in [2.45, 2.75) is 38.5 Å². The Bertz CT molecular complexity index is 6670. The molecule has 0 atom stereocenters. The normalized spacial score (nSPS) is 12.9. The second kappa shape index (κ2) is 26.1. The summed E-state index contributed by atoms with van der Waals surface area (Å²) >= 11 is 0. The fraction of sp³-hybridized carbons (Fsp3) is 0.0577. The molecule has 2 aromatic heterocycles. The van der Waals surface area contributed by atoms with Crippen LogP contribution in [0.4, 0.5) is 0 Å². The van der Waals surface area contributed by atoms with Gasteiger partial charge >= 0.3 is 0 Å². The minimum absolute atomic E-state index is 0.160. The van der Waals surface area contributed by atoms with E-state index in [2.05, 4.69) is 396 Å². The zero-order valence-electron chi connectivity index (χ0n) is 61.0. The molecule has 0 spiro atoms. The third-order valence-corrected chi connectivity index (χ3v) is 22.9. The number of hydrogen-bond donors (Lipinski definition) is 0. The largest absolute Gasteiger partial charge is 0.292 e. The highest BCUT2D eigenvalue weighted by Gasteiger charge is 2.37. The molecule has 514 valence electrons. The van der Waals surface area contributed by atoms with Crippen molar-refractivity contribution >= 4 is 54.1 Å². The van der Waals surface area contributed by atoms with E-state index in [4.69, 9.17) is 19.9 Å². The van der Waals surface area contributed by atoms with Crippen molar-refractivity contribution in [1.82, 2.24) is 24.5 Å². The molecular formula is C104H73N5. The Morgan fingerprint density at radius 2 is 0.523 bits per heavy atom. The van der Waals surface area contributed by atoms with Crippen LogP contribution in [0.1, 0.15) is 49.9 Å². The van der Waals surface area contributed by atoms with Crippen LogP contribution in [0.5, 0.6) is 0 Å². The molecule has 2 aliphatic rings. The van der Waals surface area contributed by atoms with Crippen LogP contribution >= 0.6 is 0 Å². The number of fused-ring (bicyclic) bond motifs is 11. The number of benzene rings is 17. The molecule has 21 rings (SSSR count). The third-order valence-electron chi connectivity index (χ3n) is 22.9. The van der Waals surface area contributed by atoms with Gasteiger partial charge in [-0.25, -0.2) is 19.9 Å². The maximum atomic E-state index is 5.39. The van der Waals surface area contributed by atoms with Crippen LogP contribution in [-0.2, 0) is 10.8 Å². The molecule has 19 aromatic rings. The summed E-state index contributed by atoms with van der Waals surface area (Å²) in [6.45, 7) is 9.29. The maximum Gasteiger partial charge on any atom is 0.164 e. The first kappa shape index (κ1) is 64.8. The molecule has 0 amide bonds. The van der Waals surface area contributed by atoms with Crippen LogP contribution in [-0.4, -0.2) is 24.5 Å². The Morgan fingerprint density at radius 1 is 0.211 bits per heavy atom. The Balaban J connectivity index is 0.000000149. The SMILES string of the molecule is CC1(C)c2ccccc2-c2ccc(-c3nc(-c4ccc5c(c4)C(C)(C)c4ccccc4-5)nc(-c4ccc5c(-c6ccccc6)c6ccccc6c(-c6ccccc6)c5c4)n3)cc21.c1ccc(-c2c3ccccc3c(-c3ccccc3)c3cc(-c4ccc(-c5nc6ccccc6n5-c5ccccc5)cc4)ccc23)cc1. The Morgan fingerprint density at radius 3 is 0.972 bits per heavy atom. The number of imidazole rings is 1. The van der Waals surface area contributed by atoms with Gasteiger partial charge in [-0.05, 0) is 192 Å². The van der Waals surface area contributed by atoms with Crippen molar-refractivity contribution in [3.8, 4) is 129 Å². The van der Waals surface area contributed by atoms with Crippen LogP contribution < -0.4 is 0 Å². The summed E-state index contributed by atoms with van der Waals surface area (Å²) in [6, 6.07) is 133. The highest BCUT2D eigenvalue weighted by molar-refractivity contribution is 6.23. The molecular weight excluding hydrogens is 1320 g/mol. The molecule has 0 fully saturated rings. The van der Waals surface area contributed by atoms with Gasteiger partial charge < -0.3 is 0 Å². The van der Waals surface area contributed by atoms with Gasteiger partial charge in [-0.2, -0.15) is 0 Å². The summed E-state index contributed by atoms with van der Waals surface area (Å²) in [6.07, 6.45) is 0. The van der Waals surface area contributed by atoms with Gasteiger partial charge in [0, 0.05) is 38.8 Å². The number of para-hydroxylation sites is 3. The third kappa shape index (κ3) is 10.9. The van der Waals surface area contributed by atoms with Gasteiger partial charge in [-0.15, -0.1) is 0 Å². The van der Waals surface area contributed by atoms with Crippen molar-refractivity contribution in [2.24, 2.45) is 0 Å². The van der Waals surface area contributed by atoms with E-state index in [-0.39, 0.29) is 10.8 Å². The molecule has 0 saturated heterocycles. The average Bonchev–Trinajstić information content (AvgIpc) is 0.806. The van der Waals surface area contributed by atoms with E-state index in [0.717, 1.165) is 50.2 Å². The first-order valence-electron chi connectivity index (χ1n) is 37.7. The molecule has 5 heteroatoms. The summed E-state index contributed by atoms with van der Waals surface area (Å²) in [5, 5.41) is 9.82. The lowest BCUT2D eigenvalue weighted by Gasteiger charge is -2.22. The molecule has 0 unspecified atom stereocenters. The highest BCUT2D eigenvalue weighted by atomic mass is 15.1. The first-order chi connectivity index (χ1) is 53.6. The van der Waals surface area contributed by atoms with Crippen molar-refractivity contribution in [3.63, 3.8) is 0 Å². The van der Waals surface area contributed by atoms with Gasteiger partial charge in [0.25, 0.3) is 0 Å². The highest BCUT2D eigenvalue weighted by Crippen LogP contribution is 2.53. The zero-order chi connectivity index (χ0) is 72.9. The van der Waals surface area contributed by atoms with Crippen LogP contribution in [0.15, 0.2) is 370 Å². The van der Waals surface area contributed by atoms with Crippen LogP contribution in [0.2, 0.25) is 0 Å². The van der Waals surface area contributed by atoms with E-state index in [1.165, 1.54) is 138 Å². The van der Waals surface area contributed by atoms with Crippen LogP contribution in [0, 0.1) is 0 Å². The summed E-state index contributed by atoms with van der Waals surface area (Å²) in [5.74, 6) is 2.91. The zero-order valence-corrected chi connectivity index (χ0v) is 61.0. The minimum atomic E-state index is -0.160. The fourth-order valence-electron chi connectivity index (χ4n) is 17.7. The molecule has 2 heterocycles. The Labute approximate surface area is 634 Å². The topological polar surface area (TPSA) is 56.5 Å². The number of nitrogens with zero attached hydrogens (tertiary/aromatic N) is 5. The standard InChI is InChI=1S/C59H43N3.C45H30N2/c1-58(2)49-25-15-13-21-41(49)43-30-27-39(34-51(43)58)56-60-55(61-57(62-56)40-28-31-44-42-22-14-16-26-50(42)59(3,4)52(44)35-40)38-29-32-47-48(33-38)54(37-19-9-6-10-20-37)46-24-12-11-23-45(46)53(47)36-17-7-5-8-18-36;1-4-14-32(15-5-1)43-37-20-10-11-21-38(37)44(33-16-6-2-7-17-33)40-30-35(28-29-39(40)43)31-24-26-34(27-25-31)45-46-41-22-12-13-23-42(41)47(45)36-18-8-3-9-19-36/h5-35H,1-4H3;1-30H. The molecule has 0 N–H and O–H groups in total. The first-order valence-corrected chi connectivity index (χ1v) is 37.7. The van der Waals surface area contributed by atoms with Crippen molar-refractivity contribution < 1.29 is 0 Å². The maximum absolute atomic E-state index is 5.39. The van der Waals surface area contributed by atoms with Gasteiger partial charge in [0.1, 0.15) is 5.82 Å². The second-order valence-corrected chi connectivity index (χ2v) is 29.9. The Hall–Kier alpha value is -13.7. The van der Waals surface area contributed by atoms with Crippen molar-refractivity contribution in [2.75, 3.05) is 0 Å². The quantitative estimate of drug-likeness (QED) is 0.128. The summed E-state index contributed by atoms with van der Waals surface area (Å²) in [4.78, 5) is 21.2. The van der Waals surface area contributed by atoms with Gasteiger partial charge in [0.2, 0.25) is 0 Å². The van der Waals surface area contributed by atoms with Crippen LogP contribution in [0.3, 0.4) is 0 Å². The van der Waals surface area contributed by atoms with Gasteiger partial charge in [-0.3, -0.25) is 4.57 Å². The van der Waals surface area contributed by atoms with E-state index < -0.39 is 0 Å². The van der Waals surface area contributed by atoms with Gasteiger partial charge in [-0.1, -0.05) is 349 Å². The molecule has 0 bridgehead atoms. The molecule has 2 aliphatic carbocycles. The second-order valence-electron chi connectivity index (χ2n) is 29.9. The summed E-state index contributed by atoms with van der Waals surface area (Å²) < 4.78 is 2.25. The minimum Gasteiger partial charge on any atom is -0.292 e. The smallest absolute Gasteiger partial charge is 0.164 e. The Kier molecular flexibility index (Phi) is 15.5. The fourth-order valence-corrected chi connectivity index (χ4v) is 17.7. The van der Waals surface area contributed by atoms with E-state index in [1.807, 2.05) is 6.07 Å². The molecule has 17 aromatic carbocycles. The van der Waals surface area contributed by atoms with E-state index in [9.17, 15) is 0 Å². The van der Waals surface area contributed by atoms with Gasteiger partial charge in [0.05, 0.1) is 11.0 Å². The lowest BCUT2D eigenvalue weighted by atomic mass is 9.82. The molecule has 109 heavy (non-hydrogen) atoms. The molecule has 5 nitrogen and oxygen atoms in total. The predicted molar refractivity (Wildman–Crippen MR) is 455 cm³/mol. The average molecular weight is 1390 g/mol. The summed E-state index contributed by atoms with van der Waals surface area (Å²) in [5.41, 5.74) is 29.4. The molecule has 0 saturated carbocycles. The van der Waals surface area contributed by atoms with E-state index in [1.54, 1.807) is 0 Å². The number of aromatic nitrogens is 5. The summed E-state index contributed by atoms with van der Waals surface area (Å²) in [7, 11) is 0. The number of hydrogen-bond acceptors (Lipinski definition) is 4. The number of rotatable bonds is 10. The van der Waals surface area contributed by atoms with E-state index >= 15 is 0 Å². The van der Waals surface area contributed by atoms with E-state index in [0.29, 0.717) is 17.5 Å². The molecule has 0 radical (unpaired) electrons. The lowest BCUT2D eigenvalue weighted by molar-refractivity contribution is 0.660. The monoisotopic (exact) mass is 1390 g/mol. The van der Waals surface area contributed by atoms with Crippen LogP contribution in [0.25, 0.3) is 183 Å². The van der Waals surface area contributed by atoms with Gasteiger partial charge in [0.15, 0.2) is 17.5 Å². The van der Waals surface area contributed by atoms with Crippen molar-refractivity contribution in [1.29, 1.82) is 0 Å². The molecule has 0 aliphatic heterocycles. The lowest BCUT2D eigenvalue weighted by Crippen LogP contribution is -2.15.